The summed E-state index contributed by atoms with van der Waals surface area (Å²) in [4.78, 5) is 0.334. The third-order valence-electron chi connectivity index (χ3n) is 1.58. The molecule has 0 saturated heterocycles. The zero-order chi connectivity index (χ0) is 10.5. The summed E-state index contributed by atoms with van der Waals surface area (Å²) in [6, 6.07) is 0.122. The van der Waals surface area contributed by atoms with Crippen LogP contribution in [0.2, 0.25) is 0 Å². The van der Waals surface area contributed by atoms with E-state index in [1.807, 2.05) is 13.8 Å². The topological polar surface area (TPSA) is 12.0 Å². The van der Waals surface area contributed by atoms with Gasteiger partial charge in [-0.15, -0.1) is 0 Å². The van der Waals surface area contributed by atoms with Crippen LogP contribution in [0.15, 0.2) is 0 Å². The lowest BCUT2D eigenvalue weighted by atomic mass is 10.2. The summed E-state index contributed by atoms with van der Waals surface area (Å²) in [6.45, 7) is 3.86. The Morgan fingerprint density at radius 3 is 2.23 bits per heavy atom. The second-order valence-corrected chi connectivity index (χ2v) is 4.80. The van der Waals surface area contributed by atoms with Crippen LogP contribution >= 0.6 is 15.9 Å². The van der Waals surface area contributed by atoms with Gasteiger partial charge in [0.05, 0.1) is 6.42 Å². The average molecular weight is 262 g/mol. The van der Waals surface area contributed by atoms with E-state index >= 15 is 0 Å². The van der Waals surface area contributed by atoms with Crippen LogP contribution in [0, 0.1) is 0 Å². The smallest absolute Gasteiger partial charge is 0.314 e. The van der Waals surface area contributed by atoms with Crippen molar-refractivity contribution in [3.05, 3.63) is 0 Å². The number of hydrogen-bond acceptors (Lipinski definition) is 1. The van der Waals surface area contributed by atoms with Gasteiger partial charge in [-0.05, 0) is 13.3 Å². The molecule has 0 fully saturated rings. The summed E-state index contributed by atoms with van der Waals surface area (Å²) in [6.07, 6.45) is -3.97. The van der Waals surface area contributed by atoms with Crippen LogP contribution < -0.4 is 5.32 Å². The molecule has 0 radical (unpaired) electrons. The summed E-state index contributed by atoms with van der Waals surface area (Å²) in [5.41, 5.74) is 0. The van der Waals surface area contributed by atoms with Crippen molar-refractivity contribution in [2.45, 2.75) is 43.7 Å². The molecule has 0 aliphatic rings. The first-order chi connectivity index (χ1) is 5.81. The molecular formula is C8H15BrF3N. The number of hydrogen-bond donors (Lipinski definition) is 1. The van der Waals surface area contributed by atoms with Crippen LogP contribution in [-0.2, 0) is 0 Å². The van der Waals surface area contributed by atoms with Crippen LogP contribution in [-0.4, -0.2) is 23.6 Å². The molecule has 2 atom stereocenters. The van der Waals surface area contributed by atoms with E-state index in [9.17, 15) is 13.2 Å². The van der Waals surface area contributed by atoms with E-state index in [2.05, 4.69) is 21.2 Å². The minimum absolute atomic E-state index is 0.00435. The van der Waals surface area contributed by atoms with Gasteiger partial charge in [-0.25, -0.2) is 0 Å². The third-order valence-corrected chi connectivity index (χ3v) is 1.95. The van der Waals surface area contributed by atoms with Crippen molar-refractivity contribution in [1.82, 2.24) is 5.32 Å². The lowest BCUT2D eigenvalue weighted by Crippen LogP contribution is -2.31. The molecule has 0 aromatic carbocycles. The Labute approximate surface area is 85.2 Å². The van der Waals surface area contributed by atoms with E-state index < -0.39 is 12.6 Å². The van der Waals surface area contributed by atoms with E-state index in [1.165, 1.54) is 0 Å². The highest BCUT2D eigenvalue weighted by Gasteiger charge is 2.26. The van der Waals surface area contributed by atoms with Crippen LogP contribution in [0.1, 0.15) is 26.7 Å². The molecule has 5 heteroatoms. The lowest BCUT2D eigenvalue weighted by Gasteiger charge is -2.15. The zero-order valence-corrected chi connectivity index (χ0v) is 9.37. The van der Waals surface area contributed by atoms with E-state index in [4.69, 9.17) is 0 Å². The number of nitrogens with one attached hydrogen (secondary N) is 1. The van der Waals surface area contributed by atoms with Gasteiger partial charge < -0.3 is 5.32 Å². The first kappa shape index (κ1) is 13.2. The largest absolute Gasteiger partial charge is 0.390 e. The van der Waals surface area contributed by atoms with Crippen LogP contribution in [0.3, 0.4) is 0 Å². The summed E-state index contributed by atoms with van der Waals surface area (Å²) < 4.78 is 35.2. The molecule has 0 aromatic heterocycles. The summed E-state index contributed by atoms with van der Waals surface area (Å²) >= 11 is 3.34. The fraction of sp³-hybridized carbons (Fsp3) is 1.00. The maximum atomic E-state index is 11.7. The Morgan fingerprint density at radius 2 is 1.85 bits per heavy atom. The highest BCUT2D eigenvalue weighted by molar-refractivity contribution is 9.09. The summed E-state index contributed by atoms with van der Waals surface area (Å²) in [7, 11) is 0. The van der Waals surface area contributed by atoms with Gasteiger partial charge in [0.1, 0.15) is 0 Å². The molecular weight excluding hydrogens is 247 g/mol. The van der Waals surface area contributed by atoms with Gasteiger partial charge in [-0.1, -0.05) is 22.9 Å². The van der Waals surface area contributed by atoms with Gasteiger partial charge in [-0.3, -0.25) is 0 Å². The number of rotatable bonds is 5. The molecule has 0 spiro atoms. The molecule has 0 rings (SSSR count). The molecule has 0 aliphatic heterocycles. The highest BCUT2D eigenvalue weighted by Crippen LogP contribution is 2.18. The first-order valence-electron chi connectivity index (χ1n) is 4.25. The first-order valence-corrected chi connectivity index (χ1v) is 5.17. The van der Waals surface area contributed by atoms with Crippen molar-refractivity contribution in [2.24, 2.45) is 0 Å². The van der Waals surface area contributed by atoms with Crippen molar-refractivity contribution in [3.63, 3.8) is 0 Å². The standard InChI is InChI=1S/C8H15BrF3N/c1-6(9)5-7(2)13-4-3-8(10,11)12/h6-7,13H,3-5H2,1-2H3. The molecule has 0 aliphatic carbocycles. The van der Waals surface area contributed by atoms with Crippen LogP contribution in [0.25, 0.3) is 0 Å². The molecule has 1 nitrogen and oxygen atoms in total. The fourth-order valence-corrected chi connectivity index (χ4v) is 1.59. The van der Waals surface area contributed by atoms with Gasteiger partial charge in [0.25, 0.3) is 0 Å². The zero-order valence-electron chi connectivity index (χ0n) is 7.79. The third kappa shape index (κ3) is 10.1. The van der Waals surface area contributed by atoms with E-state index in [0.29, 0.717) is 4.83 Å². The van der Waals surface area contributed by atoms with Crippen molar-refractivity contribution in [2.75, 3.05) is 6.54 Å². The minimum Gasteiger partial charge on any atom is -0.314 e. The van der Waals surface area contributed by atoms with Crippen molar-refractivity contribution in [3.8, 4) is 0 Å². The second-order valence-electron chi connectivity index (χ2n) is 3.24. The molecule has 0 amide bonds. The van der Waals surface area contributed by atoms with Gasteiger partial charge in [0, 0.05) is 17.4 Å². The maximum absolute atomic E-state index is 11.7. The van der Waals surface area contributed by atoms with Crippen LogP contribution in [0.4, 0.5) is 13.2 Å². The molecule has 0 aromatic rings. The Balaban J connectivity index is 3.42. The molecule has 13 heavy (non-hydrogen) atoms. The summed E-state index contributed by atoms with van der Waals surface area (Å²) in [5, 5.41) is 2.82. The van der Waals surface area contributed by atoms with Gasteiger partial charge in [0.15, 0.2) is 0 Å². The monoisotopic (exact) mass is 261 g/mol. The van der Waals surface area contributed by atoms with E-state index in [1.54, 1.807) is 0 Å². The molecule has 2 unspecified atom stereocenters. The number of halogens is 4. The molecule has 0 bridgehead atoms. The quantitative estimate of drug-likeness (QED) is 0.751. The molecule has 80 valence electrons. The Kier molecular flexibility index (Phi) is 5.96. The predicted molar refractivity (Wildman–Crippen MR) is 51.1 cm³/mol. The van der Waals surface area contributed by atoms with Gasteiger partial charge in [0.2, 0.25) is 0 Å². The highest BCUT2D eigenvalue weighted by atomic mass is 79.9. The SMILES string of the molecule is CC(Br)CC(C)NCCC(F)(F)F. The Bertz CT molecular complexity index is 136. The van der Waals surface area contributed by atoms with E-state index in [-0.39, 0.29) is 12.6 Å². The lowest BCUT2D eigenvalue weighted by molar-refractivity contribution is -0.133. The van der Waals surface area contributed by atoms with Gasteiger partial charge in [-0.2, -0.15) is 13.2 Å². The van der Waals surface area contributed by atoms with Crippen LogP contribution in [0.5, 0.6) is 0 Å². The molecule has 0 heterocycles. The molecule has 0 saturated carbocycles. The second kappa shape index (κ2) is 5.86. The van der Waals surface area contributed by atoms with Gasteiger partial charge >= 0.3 is 6.18 Å². The Hall–Kier alpha value is 0.230. The fourth-order valence-electron chi connectivity index (χ4n) is 1.03. The van der Waals surface area contributed by atoms with Crippen molar-refractivity contribution < 1.29 is 13.2 Å². The van der Waals surface area contributed by atoms with Crippen molar-refractivity contribution >= 4 is 15.9 Å². The van der Waals surface area contributed by atoms with E-state index in [0.717, 1.165) is 6.42 Å². The normalized spacial score (nSPS) is 17.1. The summed E-state index contributed by atoms with van der Waals surface area (Å²) in [5.74, 6) is 0. The van der Waals surface area contributed by atoms with Crippen molar-refractivity contribution in [1.29, 1.82) is 0 Å². The average Bonchev–Trinajstić information content (AvgIpc) is 1.81. The number of alkyl halides is 4. The Morgan fingerprint density at radius 1 is 1.31 bits per heavy atom. The predicted octanol–water partition coefficient (Wildman–Crippen LogP) is 3.09. The molecule has 1 N–H and O–H groups in total. The maximum Gasteiger partial charge on any atom is 0.390 e. The minimum atomic E-state index is -4.05.